The molecule has 0 aliphatic carbocycles. The predicted molar refractivity (Wildman–Crippen MR) is 104 cm³/mol. The fourth-order valence-corrected chi connectivity index (χ4v) is 3.44. The summed E-state index contributed by atoms with van der Waals surface area (Å²) < 4.78 is 15.4. The summed E-state index contributed by atoms with van der Waals surface area (Å²) in [5.74, 6) is -0.482. The molecule has 2 heterocycles. The Morgan fingerprint density at radius 1 is 1.21 bits per heavy atom. The molecule has 0 aliphatic heterocycles. The second-order valence-corrected chi connectivity index (χ2v) is 7.10. The summed E-state index contributed by atoms with van der Waals surface area (Å²) in [6.45, 7) is 1.65. The van der Waals surface area contributed by atoms with E-state index in [4.69, 9.17) is 11.6 Å². The third kappa shape index (κ3) is 3.62. The van der Waals surface area contributed by atoms with Gasteiger partial charge in [-0.05, 0) is 47.7 Å². The molecule has 4 rings (SSSR count). The van der Waals surface area contributed by atoms with Crippen molar-refractivity contribution in [1.82, 2.24) is 25.2 Å². The van der Waals surface area contributed by atoms with Gasteiger partial charge in [0, 0.05) is 21.7 Å². The zero-order valence-electron chi connectivity index (χ0n) is 14.4. The average molecular weight is 415 g/mol. The minimum atomic E-state index is -0.507. The highest BCUT2D eigenvalue weighted by molar-refractivity contribution is 7.13. The van der Waals surface area contributed by atoms with Gasteiger partial charge in [-0.15, -0.1) is 16.4 Å². The van der Waals surface area contributed by atoms with E-state index in [-0.39, 0.29) is 11.4 Å². The Kier molecular flexibility index (Phi) is 4.84. The monoisotopic (exact) mass is 414 g/mol. The number of hydrogen-bond donors (Lipinski definition) is 1. The highest BCUT2D eigenvalue weighted by Crippen LogP contribution is 2.26. The van der Waals surface area contributed by atoms with Crippen molar-refractivity contribution in [3.63, 3.8) is 0 Å². The van der Waals surface area contributed by atoms with Crippen LogP contribution in [0.5, 0.6) is 0 Å². The van der Waals surface area contributed by atoms with Crippen molar-refractivity contribution < 1.29 is 9.18 Å². The lowest BCUT2D eigenvalue weighted by Crippen LogP contribution is -2.13. The fourth-order valence-electron chi connectivity index (χ4n) is 2.51. The normalized spacial score (nSPS) is 10.8. The van der Waals surface area contributed by atoms with Gasteiger partial charge in [0.1, 0.15) is 22.2 Å². The molecule has 10 heteroatoms. The number of amides is 1. The molecular formula is C18H12ClFN6OS. The minimum Gasteiger partial charge on any atom is -0.321 e. The second kappa shape index (κ2) is 7.45. The number of nitrogens with zero attached hydrogens (tertiary/aromatic N) is 5. The third-order valence-electron chi connectivity index (χ3n) is 3.89. The number of benzene rings is 2. The van der Waals surface area contributed by atoms with E-state index >= 15 is 0 Å². The lowest BCUT2D eigenvalue weighted by Gasteiger charge is -2.08. The molecule has 1 N–H and O–H groups in total. The van der Waals surface area contributed by atoms with E-state index in [0.29, 0.717) is 21.5 Å². The predicted octanol–water partition coefficient (Wildman–Crippen LogP) is 4.14. The van der Waals surface area contributed by atoms with Gasteiger partial charge in [-0.1, -0.05) is 23.7 Å². The van der Waals surface area contributed by atoms with Crippen molar-refractivity contribution in [1.29, 1.82) is 0 Å². The number of thiazole rings is 1. The van der Waals surface area contributed by atoms with Crippen LogP contribution in [-0.2, 0) is 0 Å². The summed E-state index contributed by atoms with van der Waals surface area (Å²) >= 11 is 7.24. The topological polar surface area (TPSA) is 85.6 Å². The molecule has 4 aromatic rings. The van der Waals surface area contributed by atoms with Gasteiger partial charge in [0.25, 0.3) is 5.91 Å². The van der Waals surface area contributed by atoms with Crippen LogP contribution in [0.25, 0.3) is 16.3 Å². The Bertz CT molecular complexity index is 1160. The second-order valence-electron chi connectivity index (χ2n) is 5.80. The molecule has 0 saturated heterocycles. The van der Waals surface area contributed by atoms with E-state index in [2.05, 4.69) is 25.8 Å². The van der Waals surface area contributed by atoms with E-state index in [9.17, 15) is 9.18 Å². The molecule has 0 spiro atoms. The lowest BCUT2D eigenvalue weighted by molar-refractivity contribution is 0.102. The third-order valence-corrected chi connectivity index (χ3v) is 5.03. The van der Waals surface area contributed by atoms with Crippen molar-refractivity contribution in [2.24, 2.45) is 0 Å². The lowest BCUT2D eigenvalue weighted by atomic mass is 10.2. The van der Waals surface area contributed by atoms with E-state index in [1.165, 1.54) is 34.2 Å². The first kappa shape index (κ1) is 18.2. The molecule has 28 heavy (non-hydrogen) atoms. The molecular weight excluding hydrogens is 403 g/mol. The molecule has 0 bridgehead atoms. The number of aryl methyl sites for hydroxylation is 1. The zero-order valence-corrected chi connectivity index (χ0v) is 16.0. The van der Waals surface area contributed by atoms with Crippen LogP contribution in [0.3, 0.4) is 0 Å². The summed E-state index contributed by atoms with van der Waals surface area (Å²) in [6, 6.07) is 11.4. The van der Waals surface area contributed by atoms with Gasteiger partial charge in [0.15, 0.2) is 5.82 Å². The highest BCUT2D eigenvalue weighted by atomic mass is 35.5. The van der Waals surface area contributed by atoms with Gasteiger partial charge in [-0.25, -0.2) is 9.37 Å². The van der Waals surface area contributed by atoms with Crippen molar-refractivity contribution in [2.45, 2.75) is 6.92 Å². The van der Waals surface area contributed by atoms with E-state index in [1.54, 1.807) is 24.4 Å². The van der Waals surface area contributed by atoms with Crippen LogP contribution in [0.1, 0.15) is 16.3 Å². The van der Waals surface area contributed by atoms with Crippen molar-refractivity contribution in [3.8, 4) is 16.3 Å². The maximum absolute atomic E-state index is 14.1. The summed E-state index contributed by atoms with van der Waals surface area (Å²) in [7, 11) is 0. The molecule has 0 radical (unpaired) electrons. The highest BCUT2D eigenvalue weighted by Gasteiger charge is 2.15. The van der Waals surface area contributed by atoms with Crippen LogP contribution >= 0.6 is 22.9 Å². The Labute approximate surface area is 167 Å². The molecule has 2 aromatic carbocycles. The number of tetrazole rings is 1. The number of carbonyl (C=O) groups excluding carboxylic acids is 1. The number of nitrogens with one attached hydrogen (secondary N) is 1. The van der Waals surface area contributed by atoms with Gasteiger partial charge >= 0.3 is 0 Å². The molecule has 1 amide bonds. The van der Waals surface area contributed by atoms with E-state index in [1.807, 2.05) is 12.1 Å². The van der Waals surface area contributed by atoms with Crippen LogP contribution < -0.4 is 5.32 Å². The summed E-state index contributed by atoms with van der Waals surface area (Å²) in [4.78, 5) is 16.9. The Morgan fingerprint density at radius 3 is 2.71 bits per heavy atom. The molecule has 0 unspecified atom stereocenters. The maximum atomic E-state index is 14.1. The zero-order chi connectivity index (χ0) is 19.7. The van der Waals surface area contributed by atoms with Crippen LogP contribution in [0.15, 0.2) is 47.8 Å². The minimum absolute atomic E-state index is 0.139. The number of anilines is 1. The van der Waals surface area contributed by atoms with Crippen molar-refractivity contribution in [3.05, 3.63) is 70.2 Å². The van der Waals surface area contributed by atoms with Crippen LogP contribution in [0.4, 0.5) is 10.1 Å². The van der Waals surface area contributed by atoms with Gasteiger partial charge in [-0.3, -0.25) is 4.79 Å². The van der Waals surface area contributed by atoms with E-state index < -0.39 is 11.7 Å². The fraction of sp³-hybridized carbons (Fsp3) is 0.0556. The van der Waals surface area contributed by atoms with Crippen molar-refractivity contribution >= 4 is 34.5 Å². The van der Waals surface area contributed by atoms with Crippen LogP contribution in [0.2, 0.25) is 5.02 Å². The Hall–Kier alpha value is -3.17. The van der Waals surface area contributed by atoms with Crippen molar-refractivity contribution in [2.75, 3.05) is 5.32 Å². The summed E-state index contributed by atoms with van der Waals surface area (Å²) in [6.07, 6.45) is 0. The number of halogens is 2. The van der Waals surface area contributed by atoms with Gasteiger partial charge in [-0.2, -0.15) is 4.68 Å². The standard InChI is InChI=1S/C18H12ClFN6OS/c1-10-23-24-25-26(10)16-8-13(6-7-14(16)20)21-17(27)15-9-28-18(22-15)11-2-4-12(19)5-3-11/h2-9H,1H3,(H,21,27). The average Bonchev–Trinajstić information content (AvgIpc) is 3.33. The molecule has 140 valence electrons. The molecule has 0 aliphatic rings. The first-order chi connectivity index (χ1) is 13.5. The molecule has 2 aromatic heterocycles. The van der Waals surface area contributed by atoms with Crippen LogP contribution in [0, 0.1) is 12.7 Å². The largest absolute Gasteiger partial charge is 0.321 e. The van der Waals surface area contributed by atoms with Gasteiger partial charge in [0.2, 0.25) is 0 Å². The first-order valence-electron chi connectivity index (χ1n) is 8.09. The Morgan fingerprint density at radius 2 is 2.00 bits per heavy atom. The smallest absolute Gasteiger partial charge is 0.275 e. The summed E-state index contributed by atoms with van der Waals surface area (Å²) in [5.41, 5.74) is 1.67. The Balaban J connectivity index is 1.56. The SMILES string of the molecule is Cc1nnnn1-c1cc(NC(=O)c2csc(-c3ccc(Cl)cc3)n2)ccc1F. The molecule has 7 nitrogen and oxygen atoms in total. The molecule has 0 saturated carbocycles. The number of rotatable bonds is 4. The number of hydrogen-bond acceptors (Lipinski definition) is 6. The van der Waals surface area contributed by atoms with Crippen LogP contribution in [-0.4, -0.2) is 31.1 Å². The first-order valence-corrected chi connectivity index (χ1v) is 9.35. The molecule has 0 fully saturated rings. The van der Waals surface area contributed by atoms with E-state index in [0.717, 1.165) is 5.56 Å². The number of carbonyl (C=O) groups is 1. The molecule has 0 atom stereocenters. The number of aromatic nitrogens is 5. The van der Waals surface area contributed by atoms with Gasteiger partial charge in [0.05, 0.1) is 0 Å². The van der Waals surface area contributed by atoms with Gasteiger partial charge < -0.3 is 5.32 Å². The quantitative estimate of drug-likeness (QED) is 0.542. The maximum Gasteiger partial charge on any atom is 0.275 e. The summed E-state index contributed by atoms with van der Waals surface area (Å²) in [5, 5.41) is 16.7.